The van der Waals surface area contributed by atoms with E-state index in [1.54, 1.807) is 24.5 Å². The van der Waals surface area contributed by atoms with Crippen molar-refractivity contribution in [1.29, 1.82) is 0 Å². The van der Waals surface area contributed by atoms with Gasteiger partial charge in [-0.2, -0.15) is 0 Å². The van der Waals surface area contributed by atoms with Gasteiger partial charge in [0.05, 0.1) is 5.69 Å². The Morgan fingerprint density at radius 1 is 1.07 bits per heavy atom. The minimum atomic E-state index is -0.245. The number of benzene rings is 2. The molecule has 0 amide bonds. The molecule has 28 heavy (non-hydrogen) atoms. The van der Waals surface area contributed by atoms with Crippen LogP contribution in [0.15, 0.2) is 72.1 Å². The van der Waals surface area contributed by atoms with Crippen molar-refractivity contribution in [1.82, 2.24) is 19.7 Å². The molecule has 0 spiro atoms. The maximum atomic E-state index is 13.2. The Hall–Kier alpha value is -2.70. The van der Waals surface area contributed by atoms with Gasteiger partial charge in [-0.15, -0.1) is 10.2 Å². The topological polar surface area (TPSA) is 43.6 Å². The van der Waals surface area contributed by atoms with Crippen molar-refractivity contribution in [3.8, 4) is 17.1 Å². The van der Waals surface area contributed by atoms with Crippen LogP contribution in [-0.4, -0.2) is 19.7 Å². The molecular formula is C21H16ClFN4S. The Kier molecular flexibility index (Phi) is 5.41. The fourth-order valence-electron chi connectivity index (χ4n) is 2.81. The van der Waals surface area contributed by atoms with Crippen molar-refractivity contribution < 1.29 is 4.39 Å². The van der Waals surface area contributed by atoms with Crippen LogP contribution in [-0.2, 0) is 5.75 Å². The van der Waals surface area contributed by atoms with E-state index in [4.69, 9.17) is 11.6 Å². The molecular weight excluding hydrogens is 395 g/mol. The number of hydrogen-bond acceptors (Lipinski definition) is 4. The van der Waals surface area contributed by atoms with Gasteiger partial charge in [0.25, 0.3) is 0 Å². The SMILES string of the molecule is Cc1ccc(Cl)cc1-n1c(SCc2ccc(F)cc2)nnc1-c1cccnc1. The van der Waals surface area contributed by atoms with Crippen LogP contribution in [0.5, 0.6) is 0 Å². The van der Waals surface area contributed by atoms with Crippen LogP contribution in [0.2, 0.25) is 5.02 Å². The molecule has 4 rings (SSSR count). The number of halogens is 2. The van der Waals surface area contributed by atoms with E-state index >= 15 is 0 Å². The summed E-state index contributed by atoms with van der Waals surface area (Å²) in [6.07, 6.45) is 3.48. The normalized spacial score (nSPS) is 11.0. The lowest BCUT2D eigenvalue weighted by Gasteiger charge is -2.13. The first kappa shape index (κ1) is 18.7. The monoisotopic (exact) mass is 410 g/mol. The molecule has 0 aliphatic rings. The van der Waals surface area contributed by atoms with Crippen molar-refractivity contribution in [3.63, 3.8) is 0 Å². The standard InChI is InChI=1S/C21H16ClFN4S/c1-14-4-7-17(22)11-19(14)27-20(16-3-2-10-24-12-16)25-26-21(27)28-13-15-5-8-18(23)9-6-15/h2-12H,13H2,1H3. The highest BCUT2D eigenvalue weighted by atomic mass is 35.5. The Morgan fingerprint density at radius 2 is 1.89 bits per heavy atom. The molecule has 4 aromatic rings. The maximum absolute atomic E-state index is 13.2. The number of pyridine rings is 1. The lowest BCUT2D eigenvalue weighted by molar-refractivity contribution is 0.627. The van der Waals surface area contributed by atoms with Gasteiger partial charge in [0.2, 0.25) is 0 Å². The fraction of sp³-hybridized carbons (Fsp3) is 0.0952. The molecule has 0 saturated heterocycles. The van der Waals surface area contributed by atoms with Crippen LogP contribution in [0.1, 0.15) is 11.1 Å². The van der Waals surface area contributed by atoms with E-state index in [2.05, 4.69) is 15.2 Å². The average Bonchev–Trinajstić information content (AvgIpc) is 3.14. The van der Waals surface area contributed by atoms with Crippen LogP contribution in [0.4, 0.5) is 4.39 Å². The zero-order valence-electron chi connectivity index (χ0n) is 15.0. The van der Waals surface area contributed by atoms with Gasteiger partial charge in [0.1, 0.15) is 5.82 Å². The molecule has 0 N–H and O–H groups in total. The highest BCUT2D eigenvalue weighted by Crippen LogP contribution is 2.31. The first-order valence-electron chi connectivity index (χ1n) is 8.61. The van der Waals surface area contributed by atoms with Gasteiger partial charge in [-0.05, 0) is 54.4 Å². The lowest BCUT2D eigenvalue weighted by atomic mass is 10.2. The highest BCUT2D eigenvalue weighted by Gasteiger charge is 2.18. The quantitative estimate of drug-likeness (QED) is 0.394. The van der Waals surface area contributed by atoms with Crippen LogP contribution in [0.25, 0.3) is 17.1 Å². The van der Waals surface area contributed by atoms with Crippen molar-refractivity contribution in [3.05, 3.63) is 89.0 Å². The zero-order valence-corrected chi connectivity index (χ0v) is 16.6. The van der Waals surface area contributed by atoms with Crippen molar-refractivity contribution in [2.45, 2.75) is 17.8 Å². The van der Waals surface area contributed by atoms with Crippen molar-refractivity contribution in [2.24, 2.45) is 0 Å². The number of aromatic nitrogens is 4. The molecule has 140 valence electrons. The summed E-state index contributed by atoms with van der Waals surface area (Å²) < 4.78 is 15.1. The van der Waals surface area contributed by atoms with Gasteiger partial charge >= 0.3 is 0 Å². The summed E-state index contributed by atoms with van der Waals surface area (Å²) in [4.78, 5) is 4.20. The molecule has 2 aromatic carbocycles. The number of hydrogen-bond donors (Lipinski definition) is 0. The lowest BCUT2D eigenvalue weighted by Crippen LogP contribution is -2.02. The smallest absolute Gasteiger partial charge is 0.196 e. The number of nitrogens with zero attached hydrogens (tertiary/aromatic N) is 4. The Morgan fingerprint density at radius 3 is 2.64 bits per heavy atom. The summed E-state index contributed by atoms with van der Waals surface area (Å²) >= 11 is 7.80. The second-order valence-electron chi connectivity index (χ2n) is 6.23. The summed E-state index contributed by atoms with van der Waals surface area (Å²) in [6, 6.07) is 16.0. The van der Waals surface area contributed by atoms with Gasteiger partial charge in [-0.1, -0.05) is 41.6 Å². The Labute approximate surface area is 171 Å². The van der Waals surface area contributed by atoms with Crippen LogP contribution in [0.3, 0.4) is 0 Å². The summed E-state index contributed by atoms with van der Waals surface area (Å²) in [5, 5.41) is 10.2. The first-order valence-corrected chi connectivity index (χ1v) is 9.98. The van der Waals surface area contributed by atoms with E-state index in [0.717, 1.165) is 27.5 Å². The van der Waals surface area contributed by atoms with Gasteiger partial charge in [-0.25, -0.2) is 4.39 Å². The van der Waals surface area contributed by atoms with Crippen LogP contribution in [0, 0.1) is 12.7 Å². The minimum absolute atomic E-state index is 0.245. The molecule has 2 aromatic heterocycles. The number of thioether (sulfide) groups is 1. The van der Waals surface area contributed by atoms with Crippen LogP contribution >= 0.6 is 23.4 Å². The summed E-state index contributed by atoms with van der Waals surface area (Å²) in [5.74, 6) is 1.09. The zero-order chi connectivity index (χ0) is 19.5. The summed E-state index contributed by atoms with van der Waals surface area (Å²) in [6.45, 7) is 2.02. The molecule has 0 aliphatic heterocycles. The molecule has 4 nitrogen and oxygen atoms in total. The summed E-state index contributed by atoms with van der Waals surface area (Å²) in [7, 11) is 0. The van der Waals surface area contributed by atoms with E-state index in [1.165, 1.54) is 23.9 Å². The third-order valence-electron chi connectivity index (χ3n) is 4.25. The van der Waals surface area contributed by atoms with Crippen molar-refractivity contribution >= 4 is 23.4 Å². The van der Waals surface area contributed by atoms with E-state index in [9.17, 15) is 4.39 Å². The third kappa shape index (κ3) is 3.93. The van der Waals surface area contributed by atoms with E-state index in [0.29, 0.717) is 16.6 Å². The molecule has 2 heterocycles. The highest BCUT2D eigenvalue weighted by molar-refractivity contribution is 7.98. The van der Waals surface area contributed by atoms with Gasteiger partial charge in [0.15, 0.2) is 11.0 Å². The van der Waals surface area contributed by atoms with Gasteiger partial charge < -0.3 is 0 Å². The average molecular weight is 411 g/mol. The number of aryl methyl sites for hydroxylation is 1. The van der Waals surface area contributed by atoms with Crippen molar-refractivity contribution in [2.75, 3.05) is 0 Å². The second kappa shape index (κ2) is 8.12. The molecule has 0 saturated carbocycles. The third-order valence-corrected chi connectivity index (χ3v) is 5.48. The second-order valence-corrected chi connectivity index (χ2v) is 7.61. The minimum Gasteiger partial charge on any atom is -0.270 e. The van der Waals surface area contributed by atoms with Gasteiger partial charge in [0, 0.05) is 28.7 Å². The van der Waals surface area contributed by atoms with E-state index in [1.807, 2.05) is 41.8 Å². The molecule has 0 bridgehead atoms. The predicted octanol–water partition coefficient (Wildman–Crippen LogP) is 5.72. The summed E-state index contributed by atoms with van der Waals surface area (Å²) in [5.41, 5.74) is 3.84. The van der Waals surface area contributed by atoms with E-state index < -0.39 is 0 Å². The Balaban J connectivity index is 1.77. The van der Waals surface area contributed by atoms with E-state index in [-0.39, 0.29) is 5.82 Å². The first-order chi connectivity index (χ1) is 13.6. The van der Waals surface area contributed by atoms with Gasteiger partial charge in [-0.3, -0.25) is 9.55 Å². The number of rotatable bonds is 5. The molecule has 0 fully saturated rings. The molecule has 7 heteroatoms. The fourth-order valence-corrected chi connectivity index (χ4v) is 3.88. The molecule has 0 atom stereocenters. The largest absolute Gasteiger partial charge is 0.270 e. The predicted molar refractivity (Wildman–Crippen MR) is 110 cm³/mol. The molecule has 0 aliphatic carbocycles. The maximum Gasteiger partial charge on any atom is 0.196 e. The van der Waals surface area contributed by atoms with Crippen LogP contribution < -0.4 is 0 Å². The molecule has 0 unspecified atom stereocenters. The Bertz CT molecular complexity index is 1100. The molecule has 0 radical (unpaired) electrons.